The number of hydrogen-bond acceptors (Lipinski definition) is 3. The molecule has 0 radical (unpaired) electrons. The fraction of sp³-hybridized carbons (Fsp3) is 0.488. The maximum atomic E-state index is 13.7. The fourth-order valence-electron chi connectivity index (χ4n) is 7.94. The summed E-state index contributed by atoms with van der Waals surface area (Å²) in [5, 5.41) is 0. The molecule has 5 rings (SSSR count). The van der Waals surface area contributed by atoms with Gasteiger partial charge in [0.25, 0.3) is 0 Å². The Bertz CT molecular complexity index is 1550. The zero-order chi connectivity index (χ0) is 33.3. The van der Waals surface area contributed by atoms with Crippen molar-refractivity contribution in [3.05, 3.63) is 101 Å². The summed E-state index contributed by atoms with van der Waals surface area (Å²) in [6.45, 7) is 17.8. The lowest BCUT2D eigenvalue weighted by atomic mass is 9.83. The van der Waals surface area contributed by atoms with Crippen molar-refractivity contribution in [2.75, 3.05) is 37.6 Å². The van der Waals surface area contributed by atoms with Gasteiger partial charge in [0.2, 0.25) is 5.78 Å². The van der Waals surface area contributed by atoms with Crippen LogP contribution in [-0.4, -0.2) is 48.7 Å². The number of unbranched alkanes of at least 4 members (excludes halogenated alkanes) is 9. The number of ketones is 1. The number of quaternary nitrogens is 1. The van der Waals surface area contributed by atoms with E-state index in [0.29, 0.717) is 5.71 Å². The quantitative estimate of drug-likeness (QED) is 0.110. The Kier molecular flexibility index (Phi) is 11.9. The summed E-state index contributed by atoms with van der Waals surface area (Å²) < 4.78 is 1.29. The second kappa shape index (κ2) is 16.1. The Hall–Kier alpha value is -3.50. The van der Waals surface area contributed by atoms with E-state index >= 15 is 0 Å². The Morgan fingerprint density at radius 3 is 1.74 bits per heavy atom. The first kappa shape index (κ1) is 34.8. The molecule has 0 fully saturated rings. The lowest BCUT2D eigenvalue weighted by molar-refractivity contribution is -0.923. The Balaban J connectivity index is 1.16. The van der Waals surface area contributed by atoms with Crippen molar-refractivity contribution < 1.29 is 9.28 Å². The number of nitrogens with zero attached hydrogens (tertiary/aromatic N) is 3. The third kappa shape index (κ3) is 7.64. The van der Waals surface area contributed by atoms with Crippen molar-refractivity contribution in [3.63, 3.8) is 0 Å². The van der Waals surface area contributed by atoms with Gasteiger partial charge in [-0.05, 0) is 62.8 Å². The Morgan fingerprint density at radius 1 is 0.638 bits per heavy atom. The van der Waals surface area contributed by atoms with E-state index in [1.54, 1.807) is 0 Å². The zero-order valence-electron chi connectivity index (χ0n) is 29.9. The van der Waals surface area contributed by atoms with Gasteiger partial charge >= 0.3 is 0 Å². The molecule has 0 aromatic heterocycles. The van der Waals surface area contributed by atoms with Crippen molar-refractivity contribution in [2.45, 2.75) is 104 Å². The second-order valence-corrected chi connectivity index (χ2v) is 14.3. The number of fused-ring (bicyclic) bond motifs is 4. The average molecular weight is 633 g/mol. The molecule has 0 saturated carbocycles. The number of allylic oxidation sites excluding steroid dienone is 1. The van der Waals surface area contributed by atoms with Gasteiger partial charge in [0.05, 0.1) is 26.2 Å². The van der Waals surface area contributed by atoms with Crippen LogP contribution in [0.1, 0.15) is 120 Å². The van der Waals surface area contributed by atoms with Crippen LogP contribution >= 0.6 is 0 Å². The highest BCUT2D eigenvalue weighted by atomic mass is 16.1. The number of benzene rings is 3. The molecule has 4 nitrogen and oxygen atoms in total. The molecule has 1 aliphatic heterocycles. The van der Waals surface area contributed by atoms with Crippen molar-refractivity contribution in [2.24, 2.45) is 4.99 Å². The molecule has 0 atom stereocenters. The summed E-state index contributed by atoms with van der Waals surface area (Å²) in [7, 11) is 0. The monoisotopic (exact) mass is 632 g/mol. The summed E-state index contributed by atoms with van der Waals surface area (Å²) in [6, 6.07) is 24.8. The van der Waals surface area contributed by atoms with Crippen LogP contribution in [0, 0.1) is 0 Å². The van der Waals surface area contributed by atoms with E-state index in [4.69, 9.17) is 4.99 Å². The van der Waals surface area contributed by atoms with Crippen molar-refractivity contribution >= 4 is 17.2 Å². The summed E-state index contributed by atoms with van der Waals surface area (Å²) in [5.41, 5.74) is 7.83. The van der Waals surface area contributed by atoms with Crippen LogP contribution in [0.2, 0.25) is 0 Å². The largest absolute Gasteiger partial charge is 0.343 e. The lowest BCUT2D eigenvalue weighted by Crippen LogP contribution is -2.48. The normalized spacial score (nSPS) is 16.9. The van der Waals surface area contributed by atoms with E-state index in [1.165, 1.54) is 105 Å². The summed E-state index contributed by atoms with van der Waals surface area (Å²) >= 11 is 0. The number of hydrogen-bond donors (Lipinski definition) is 0. The standard InChI is InChI=1S/C43H58N3O/c1-6-46(7-2,8-3)32-24-16-14-12-10-9-11-13-15-23-31-45-39-30-22-21-29-38(39)43(4,5)40(45)33-44-41-36-27-19-17-25-34(36)35-26-18-20-28-37(35)42(41)47/h17-22,25-30,33H,6-16,23-24,31-32H2,1-5H3/q+1/b40-33-,44-41?. The Labute approximate surface area is 285 Å². The molecule has 4 heteroatoms. The maximum Gasteiger partial charge on any atom is 0.212 e. The van der Waals surface area contributed by atoms with Crippen LogP contribution in [0.5, 0.6) is 0 Å². The number of aliphatic imine (C=N–C) groups is 1. The van der Waals surface area contributed by atoms with Crippen LogP contribution in [-0.2, 0) is 5.41 Å². The molecule has 0 unspecified atom stereocenters. The number of anilines is 1. The van der Waals surface area contributed by atoms with E-state index in [-0.39, 0.29) is 11.2 Å². The molecule has 250 valence electrons. The molecule has 0 saturated heterocycles. The number of carbonyl (C=O) groups excluding carboxylic acids is 1. The van der Waals surface area contributed by atoms with Gasteiger partial charge in [-0.15, -0.1) is 0 Å². The smallest absolute Gasteiger partial charge is 0.212 e. The van der Waals surface area contributed by atoms with Gasteiger partial charge in [-0.3, -0.25) is 9.79 Å². The third-order valence-electron chi connectivity index (χ3n) is 11.3. The van der Waals surface area contributed by atoms with E-state index in [2.05, 4.69) is 69.9 Å². The molecular formula is C43H58N3O+. The van der Waals surface area contributed by atoms with Crippen LogP contribution in [0.3, 0.4) is 0 Å². The molecule has 47 heavy (non-hydrogen) atoms. The minimum absolute atomic E-state index is 0.00165. The topological polar surface area (TPSA) is 32.7 Å². The highest BCUT2D eigenvalue weighted by molar-refractivity contribution is 6.55. The predicted octanol–water partition coefficient (Wildman–Crippen LogP) is 10.8. The van der Waals surface area contributed by atoms with Gasteiger partial charge in [0.1, 0.15) is 5.71 Å². The molecule has 0 bridgehead atoms. The molecule has 0 amide bonds. The average Bonchev–Trinajstić information content (AvgIpc) is 3.32. The van der Waals surface area contributed by atoms with E-state index < -0.39 is 0 Å². The summed E-state index contributed by atoms with van der Waals surface area (Å²) in [4.78, 5) is 21.2. The number of para-hydroxylation sites is 1. The summed E-state index contributed by atoms with van der Waals surface area (Å²) in [6.07, 6.45) is 15.3. The van der Waals surface area contributed by atoms with Crippen LogP contribution in [0.4, 0.5) is 5.69 Å². The van der Waals surface area contributed by atoms with Crippen LogP contribution in [0.25, 0.3) is 11.1 Å². The number of carbonyl (C=O) groups is 1. The number of Topliss-reactive ketones (excluding diaryl/α,β-unsaturated/α-hetero) is 1. The highest BCUT2D eigenvalue weighted by Crippen LogP contribution is 2.48. The van der Waals surface area contributed by atoms with Crippen LogP contribution < -0.4 is 4.90 Å². The Morgan fingerprint density at radius 2 is 1.13 bits per heavy atom. The minimum Gasteiger partial charge on any atom is -0.343 e. The SMILES string of the molecule is CC[N+](CC)(CC)CCCCCCCCCCCCN1/C(=C\N=C2C(=O)c3ccccc3-c3ccccc32)C(C)(C)c2ccccc21. The predicted molar refractivity (Wildman–Crippen MR) is 201 cm³/mol. The molecule has 2 aliphatic rings. The fourth-order valence-corrected chi connectivity index (χ4v) is 7.94. The third-order valence-corrected chi connectivity index (χ3v) is 11.3. The van der Waals surface area contributed by atoms with Gasteiger partial charge < -0.3 is 9.38 Å². The second-order valence-electron chi connectivity index (χ2n) is 14.3. The molecule has 0 N–H and O–H groups in total. The maximum absolute atomic E-state index is 13.7. The molecule has 3 aromatic rings. The van der Waals surface area contributed by atoms with E-state index in [1.807, 2.05) is 48.7 Å². The van der Waals surface area contributed by atoms with E-state index in [9.17, 15) is 4.79 Å². The van der Waals surface area contributed by atoms with Crippen molar-refractivity contribution in [1.29, 1.82) is 0 Å². The van der Waals surface area contributed by atoms with Gasteiger partial charge in [-0.25, -0.2) is 0 Å². The first-order valence-corrected chi connectivity index (χ1v) is 18.6. The zero-order valence-corrected chi connectivity index (χ0v) is 29.9. The summed E-state index contributed by atoms with van der Waals surface area (Å²) in [5.74, 6) is 0.00165. The first-order chi connectivity index (χ1) is 22.9. The van der Waals surface area contributed by atoms with Crippen molar-refractivity contribution in [3.8, 4) is 11.1 Å². The molecule has 1 heterocycles. The van der Waals surface area contributed by atoms with Gasteiger partial charge in [0, 0.05) is 40.7 Å². The van der Waals surface area contributed by atoms with Crippen LogP contribution in [0.15, 0.2) is 89.7 Å². The molecule has 3 aromatic carbocycles. The van der Waals surface area contributed by atoms with Gasteiger partial charge in [-0.2, -0.15) is 0 Å². The van der Waals surface area contributed by atoms with E-state index in [0.717, 1.165) is 35.2 Å². The molecule has 0 spiro atoms. The van der Waals surface area contributed by atoms with Crippen molar-refractivity contribution in [1.82, 2.24) is 0 Å². The lowest BCUT2D eigenvalue weighted by Gasteiger charge is -2.35. The van der Waals surface area contributed by atoms with Gasteiger partial charge in [-0.1, -0.05) is 126 Å². The van der Waals surface area contributed by atoms with Gasteiger partial charge in [0.15, 0.2) is 0 Å². The molecule has 1 aliphatic carbocycles. The minimum atomic E-state index is -0.195. The number of rotatable bonds is 17. The highest BCUT2D eigenvalue weighted by Gasteiger charge is 2.40. The molecular weight excluding hydrogens is 574 g/mol. The first-order valence-electron chi connectivity index (χ1n) is 18.6.